The number of aromatic hydroxyl groups is 1. The average molecular weight is 382 g/mol. The number of phenols is 1. The fraction of sp³-hybridized carbons (Fsp3) is 0.0667. The Morgan fingerprint density at radius 3 is 2.23 bits per heavy atom. The van der Waals surface area contributed by atoms with Gasteiger partial charge in [0, 0.05) is 17.0 Å². The van der Waals surface area contributed by atoms with Crippen LogP contribution in [0.2, 0.25) is 0 Å². The summed E-state index contributed by atoms with van der Waals surface area (Å²) < 4.78 is 37.0. The minimum Gasteiger partial charge on any atom is -0.502 e. The zero-order valence-corrected chi connectivity index (χ0v) is 13.7. The van der Waals surface area contributed by atoms with Gasteiger partial charge in [0.1, 0.15) is 5.82 Å². The lowest BCUT2D eigenvalue weighted by atomic mass is 10.1. The van der Waals surface area contributed by atoms with Gasteiger partial charge in [-0.05, 0) is 23.8 Å². The molecule has 0 aliphatic carbocycles. The van der Waals surface area contributed by atoms with E-state index in [9.17, 15) is 38.1 Å². The number of phenolic OH excluding ortho intramolecular Hbond substituents is 1. The van der Waals surface area contributed by atoms with Gasteiger partial charge in [0.15, 0.2) is 9.84 Å². The van der Waals surface area contributed by atoms with E-state index in [4.69, 9.17) is 0 Å². The molecule has 0 spiro atoms. The van der Waals surface area contributed by atoms with Crippen LogP contribution in [0.25, 0.3) is 6.08 Å². The predicted octanol–water partition coefficient (Wildman–Crippen LogP) is 2.93. The Morgan fingerprint density at radius 1 is 1.08 bits per heavy atom. The second kappa shape index (κ2) is 7.27. The zero-order valence-electron chi connectivity index (χ0n) is 12.9. The van der Waals surface area contributed by atoms with E-state index in [-0.39, 0.29) is 0 Å². The summed E-state index contributed by atoms with van der Waals surface area (Å²) in [6.07, 6.45) is 0.828. The normalized spacial score (nSPS) is 11.6. The number of hydrogen-bond acceptors (Lipinski definition) is 7. The standard InChI is InChI=1S/C15H11FN2O7S/c16-12-3-1-10(2-4-12)9-26(24,25)6-5-11-7-13(17(20)21)8-14(15(11)19)18(22)23/h1-8,19H,9H2/b6-5+. The first kappa shape index (κ1) is 19.0. The monoisotopic (exact) mass is 382 g/mol. The molecule has 0 aliphatic heterocycles. The van der Waals surface area contributed by atoms with Crippen molar-refractivity contribution in [2.75, 3.05) is 0 Å². The number of non-ortho nitro benzene ring substituents is 1. The van der Waals surface area contributed by atoms with Crippen LogP contribution in [0.1, 0.15) is 11.1 Å². The van der Waals surface area contributed by atoms with Crippen molar-refractivity contribution in [2.24, 2.45) is 0 Å². The molecule has 0 aliphatic rings. The SMILES string of the molecule is O=[N+]([O-])c1cc(/C=C/S(=O)(=O)Cc2ccc(F)cc2)c(O)c([N+](=O)[O-])c1. The first-order chi connectivity index (χ1) is 12.1. The van der Waals surface area contributed by atoms with E-state index in [2.05, 4.69) is 0 Å². The molecule has 0 unspecified atom stereocenters. The summed E-state index contributed by atoms with van der Waals surface area (Å²) in [6.45, 7) is 0. The Labute approximate surface area is 146 Å². The second-order valence-corrected chi connectivity index (χ2v) is 7.04. The van der Waals surface area contributed by atoms with Crippen LogP contribution in [-0.4, -0.2) is 23.4 Å². The molecule has 0 saturated heterocycles. The van der Waals surface area contributed by atoms with Gasteiger partial charge >= 0.3 is 5.69 Å². The molecule has 0 saturated carbocycles. The Hall–Kier alpha value is -3.34. The third-order valence-electron chi connectivity index (χ3n) is 3.25. The summed E-state index contributed by atoms with van der Waals surface area (Å²) in [7, 11) is -3.88. The largest absolute Gasteiger partial charge is 0.502 e. The Kier molecular flexibility index (Phi) is 5.31. The van der Waals surface area contributed by atoms with E-state index in [1.807, 2.05) is 0 Å². The first-order valence-electron chi connectivity index (χ1n) is 6.90. The van der Waals surface area contributed by atoms with E-state index in [1.165, 1.54) is 12.1 Å². The van der Waals surface area contributed by atoms with Crippen LogP contribution >= 0.6 is 0 Å². The van der Waals surface area contributed by atoms with Crippen molar-refractivity contribution in [1.29, 1.82) is 0 Å². The van der Waals surface area contributed by atoms with E-state index in [0.717, 1.165) is 24.3 Å². The molecule has 0 atom stereocenters. The first-order valence-corrected chi connectivity index (χ1v) is 8.61. The van der Waals surface area contributed by atoms with Crippen LogP contribution in [0.3, 0.4) is 0 Å². The summed E-state index contributed by atoms with van der Waals surface area (Å²) in [5, 5.41) is 32.2. The van der Waals surface area contributed by atoms with E-state index < -0.39 is 53.9 Å². The van der Waals surface area contributed by atoms with E-state index >= 15 is 0 Å². The summed E-state index contributed by atoms with van der Waals surface area (Å²) in [6, 6.07) is 6.10. The number of nitro benzene ring substituents is 2. The number of nitro groups is 2. The fourth-order valence-corrected chi connectivity index (χ4v) is 3.14. The Bertz CT molecular complexity index is 1000. The maximum Gasteiger partial charge on any atom is 0.318 e. The molecule has 2 rings (SSSR count). The lowest BCUT2D eigenvalue weighted by Crippen LogP contribution is -2.00. The minimum atomic E-state index is -3.88. The van der Waals surface area contributed by atoms with Crippen molar-refractivity contribution in [3.63, 3.8) is 0 Å². The molecule has 0 bridgehead atoms. The number of hydrogen-bond donors (Lipinski definition) is 1. The van der Waals surface area contributed by atoms with Gasteiger partial charge in [-0.1, -0.05) is 12.1 Å². The highest BCUT2D eigenvalue weighted by Gasteiger charge is 2.23. The van der Waals surface area contributed by atoms with Gasteiger partial charge in [0.2, 0.25) is 5.75 Å². The van der Waals surface area contributed by atoms with Gasteiger partial charge in [-0.2, -0.15) is 0 Å². The zero-order chi connectivity index (χ0) is 19.5. The summed E-state index contributed by atoms with van der Waals surface area (Å²) in [4.78, 5) is 19.8. The number of sulfone groups is 1. The van der Waals surface area contributed by atoms with Gasteiger partial charge in [-0.3, -0.25) is 20.2 Å². The fourth-order valence-electron chi connectivity index (χ4n) is 2.04. The number of nitrogens with zero attached hydrogens (tertiary/aromatic N) is 2. The minimum absolute atomic E-state index is 0.297. The molecular weight excluding hydrogens is 371 g/mol. The van der Waals surface area contributed by atoms with E-state index in [1.54, 1.807) is 0 Å². The molecular formula is C15H11FN2O7S. The lowest BCUT2D eigenvalue weighted by molar-refractivity contribution is -0.394. The summed E-state index contributed by atoms with van der Waals surface area (Å²) in [5.74, 6) is -1.91. The maximum atomic E-state index is 12.8. The number of benzene rings is 2. The van der Waals surface area contributed by atoms with Gasteiger partial charge in [-0.25, -0.2) is 12.8 Å². The molecule has 26 heavy (non-hydrogen) atoms. The average Bonchev–Trinajstić information content (AvgIpc) is 2.55. The molecule has 0 radical (unpaired) electrons. The van der Waals surface area contributed by atoms with Crippen LogP contribution in [-0.2, 0) is 15.6 Å². The van der Waals surface area contributed by atoms with Crippen molar-refractivity contribution in [3.8, 4) is 5.75 Å². The number of halogens is 1. The molecule has 0 aromatic heterocycles. The van der Waals surface area contributed by atoms with Crippen LogP contribution in [0, 0.1) is 26.0 Å². The van der Waals surface area contributed by atoms with Crippen molar-refractivity contribution < 1.29 is 27.8 Å². The van der Waals surface area contributed by atoms with Gasteiger partial charge in [-0.15, -0.1) is 0 Å². The topological polar surface area (TPSA) is 141 Å². The molecule has 136 valence electrons. The van der Waals surface area contributed by atoms with Crippen LogP contribution < -0.4 is 0 Å². The van der Waals surface area contributed by atoms with Gasteiger partial charge in [0.05, 0.1) is 21.7 Å². The second-order valence-electron chi connectivity index (χ2n) is 5.15. The van der Waals surface area contributed by atoms with Crippen molar-refractivity contribution >= 4 is 27.3 Å². The summed E-state index contributed by atoms with van der Waals surface area (Å²) in [5.41, 5.74) is -1.70. The van der Waals surface area contributed by atoms with Crippen molar-refractivity contribution in [2.45, 2.75) is 5.75 Å². The third-order valence-corrected chi connectivity index (χ3v) is 4.53. The predicted molar refractivity (Wildman–Crippen MR) is 89.5 cm³/mol. The van der Waals surface area contributed by atoms with Crippen LogP contribution in [0.5, 0.6) is 5.75 Å². The molecule has 0 amide bonds. The maximum absolute atomic E-state index is 12.8. The van der Waals surface area contributed by atoms with Crippen molar-refractivity contribution in [3.05, 3.63) is 79.0 Å². The molecule has 0 heterocycles. The van der Waals surface area contributed by atoms with Gasteiger partial charge in [0.25, 0.3) is 5.69 Å². The van der Waals surface area contributed by atoms with E-state index in [0.29, 0.717) is 17.0 Å². The lowest BCUT2D eigenvalue weighted by Gasteiger charge is -2.02. The third kappa shape index (κ3) is 4.60. The number of rotatable bonds is 6. The highest BCUT2D eigenvalue weighted by atomic mass is 32.2. The highest BCUT2D eigenvalue weighted by Crippen LogP contribution is 2.35. The molecule has 2 aromatic carbocycles. The molecule has 9 nitrogen and oxygen atoms in total. The Morgan fingerprint density at radius 2 is 1.69 bits per heavy atom. The van der Waals surface area contributed by atoms with Crippen LogP contribution in [0.15, 0.2) is 41.8 Å². The molecule has 2 aromatic rings. The summed E-state index contributed by atoms with van der Waals surface area (Å²) >= 11 is 0. The van der Waals surface area contributed by atoms with Crippen LogP contribution in [0.4, 0.5) is 15.8 Å². The Balaban J connectivity index is 2.37. The smallest absolute Gasteiger partial charge is 0.318 e. The quantitative estimate of drug-likeness (QED) is 0.598. The van der Waals surface area contributed by atoms with Gasteiger partial charge < -0.3 is 5.11 Å². The van der Waals surface area contributed by atoms with Crippen molar-refractivity contribution in [1.82, 2.24) is 0 Å². The highest BCUT2D eigenvalue weighted by molar-refractivity contribution is 7.93. The molecule has 11 heteroatoms. The molecule has 0 fully saturated rings. The molecule has 1 N–H and O–H groups in total.